The molecule has 0 aliphatic carbocycles. The summed E-state index contributed by atoms with van der Waals surface area (Å²) in [6, 6.07) is 14.1. The average molecular weight is 377 g/mol. The number of fused-ring (bicyclic) bond motifs is 1. The van der Waals surface area contributed by atoms with Crippen LogP contribution in [0.25, 0.3) is 10.9 Å². The number of aryl methyl sites for hydroxylation is 1. The summed E-state index contributed by atoms with van der Waals surface area (Å²) in [5, 5.41) is 22.8. The van der Waals surface area contributed by atoms with Crippen LogP contribution in [0.5, 0.6) is 0 Å². The van der Waals surface area contributed by atoms with E-state index in [1.54, 1.807) is 13.3 Å². The normalized spacial score (nSPS) is 10.4. The Labute approximate surface area is 162 Å². The van der Waals surface area contributed by atoms with Crippen LogP contribution in [-0.2, 0) is 4.74 Å². The first kappa shape index (κ1) is 18.7. The summed E-state index contributed by atoms with van der Waals surface area (Å²) in [4.78, 5) is 4.09. The van der Waals surface area contributed by atoms with Crippen molar-refractivity contribution < 1.29 is 4.74 Å². The highest BCUT2D eigenvalue weighted by molar-refractivity contribution is 8.00. The van der Waals surface area contributed by atoms with Crippen LogP contribution in [0.4, 0.5) is 11.4 Å². The Morgan fingerprint density at radius 1 is 1.11 bits per heavy atom. The van der Waals surface area contributed by atoms with Crippen LogP contribution in [0.1, 0.15) is 16.7 Å². The standard InChI is InChI=1S/C20H19N5OS/c1-13-3-5-18(20-19(13)15(11-22)12-24-20)25-27-16-4-6-17(14(9-16)10-21)23-7-8-26-2/h3-6,9,12,23-25H,7-8H2,1-2H3. The average Bonchev–Trinajstić information content (AvgIpc) is 3.13. The predicted molar refractivity (Wildman–Crippen MR) is 109 cm³/mol. The fourth-order valence-corrected chi connectivity index (χ4v) is 3.54. The minimum absolute atomic E-state index is 0.577. The number of H-pyrrole nitrogens is 1. The lowest BCUT2D eigenvalue weighted by molar-refractivity contribution is 0.211. The third kappa shape index (κ3) is 4.01. The number of aromatic nitrogens is 1. The van der Waals surface area contributed by atoms with E-state index >= 15 is 0 Å². The fourth-order valence-electron chi connectivity index (χ4n) is 2.83. The molecule has 1 aromatic heterocycles. The molecular weight excluding hydrogens is 358 g/mol. The summed E-state index contributed by atoms with van der Waals surface area (Å²) in [6.07, 6.45) is 1.72. The van der Waals surface area contributed by atoms with Crippen LogP contribution in [0, 0.1) is 29.6 Å². The van der Waals surface area contributed by atoms with E-state index in [-0.39, 0.29) is 0 Å². The lowest BCUT2D eigenvalue weighted by Crippen LogP contribution is -2.08. The first-order chi connectivity index (χ1) is 13.2. The molecule has 0 saturated carbocycles. The van der Waals surface area contributed by atoms with Gasteiger partial charge in [0.05, 0.1) is 34.6 Å². The van der Waals surface area contributed by atoms with Gasteiger partial charge >= 0.3 is 0 Å². The molecule has 0 saturated heterocycles. The second kappa shape index (κ2) is 8.50. The van der Waals surface area contributed by atoms with E-state index in [1.807, 2.05) is 37.3 Å². The van der Waals surface area contributed by atoms with Crippen molar-refractivity contribution in [1.82, 2.24) is 4.98 Å². The van der Waals surface area contributed by atoms with Crippen LogP contribution in [0.15, 0.2) is 41.4 Å². The van der Waals surface area contributed by atoms with E-state index in [0.29, 0.717) is 24.3 Å². The molecule has 7 heteroatoms. The number of ether oxygens (including phenoxy) is 1. The summed E-state index contributed by atoms with van der Waals surface area (Å²) in [5.74, 6) is 0. The maximum absolute atomic E-state index is 9.40. The molecule has 0 spiro atoms. The zero-order valence-corrected chi connectivity index (χ0v) is 15.9. The van der Waals surface area contributed by atoms with Gasteiger partial charge in [-0.3, -0.25) is 0 Å². The number of anilines is 2. The van der Waals surface area contributed by atoms with Gasteiger partial charge in [0, 0.05) is 30.1 Å². The molecule has 2 aromatic carbocycles. The minimum atomic E-state index is 0.577. The Hall–Kier alpha value is -3.13. The van der Waals surface area contributed by atoms with Crippen LogP contribution in [-0.4, -0.2) is 25.2 Å². The quantitative estimate of drug-likeness (QED) is 0.417. The number of nitriles is 2. The molecule has 0 radical (unpaired) electrons. The van der Waals surface area contributed by atoms with Gasteiger partial charge in [-0.05, 0) is 48.7 Å². The van der Waals surface area contributed by atoms with E-state index < -0.39 is 0 Å². The summed E-state index contributed by atoms with van der Waals surface area (Å²) in [7, 11) is 1.64. The van der Waals surface area contributed by atoms with E-state index in [1.165, 1.54) is 11.9 Å². The number of nitrogens with one attached hydrogen (secondary N) is 3. The second-order valence-electron chi connectivity index (χ2n) is 5.94. The molecule has 1 heterocycles. The number of rotatable bonds is 7. The SMILES string of the molecule is COCCNc1ccc(SNc2ccc(C)c3c(C#N)c[nH]c23)cc1C#N. The smallest absolute Gasteiger partial charge is 0.101 e. The number of methoxy groups -OCH3 is 1. The van der Waals surface area contributed by atoms with Gasteiger partial charge in [-0.25, -0.2) is 0 Å². The molecule has 0 aliphatic heterocycles. The number of hydrogen-bond acceptors (Lipinski definition) is 6. The van der Waals surface area contributed by atoms with Gasteiger partial charge in [0.15, 0.2) is 0 Å². The van der Waals surface area contributed by atoms with Crippen molar-refractivity contribution in [3.05, 3.63) is 53.2 Å². The molecule has 0 fully saturated rings. The summed E-state index contributed by atoms with van der Waals surface area (Å²) >= 11 is 1.42. The van der Waals surface area contributed by atoms with Gasteiger partial charge in [0.2, 0.25) is 0 Å². The van der Waals surface area contributed by atoms with Crippen molar-refractivity contribution in [1.29, 1.82) is 10.5 Å². The maximum atomic E-state index is 9.40. The van der Waals surface area contributed by atoms with Crippen molar-refractivity contribution in [2.75, 3.05) is 30.3 Å². The molecule has 0 unspecified atom stereocenters. The number of nitrogens with zero attached hydrogens (tertiary/aromatic N) is 2. The van der Waals surface area contributed by atoms with Gasteiger partial charge in [-0.15, -0.1) is 0 Å². The lowest BCUT2D eigenvalue weighted by Gasteiger charge is -2.11. The Morgan fingerprint density at radius 2 is 1.89 bits per heavy atom. The highest BCUT2D eigenvalue weighted by Gasteiger charge is 2.11. The summed E-state index contributed by atoms with van der Waals surface area (Å²) < 4.78 is 8.34. The Kier molecular flexibility index (Phi) is 5.87. The number of hydrogen-bond donors (Lipinski definition) is 3. The van der Waals surface area contributed by atoms with Crippen LogP contribution in [0.2, 0.25) is 0 Å². The minimum Gasteiger partial charge on any atom is -0.383 e. The van der Waals surface area contributed by atoms with Crippen LogP contribution < -0.4 is 10.0 Å². The van der Waals surface area contributed by atoms with Crippen molar-refractivity contribution in [2.24, 2.45) is 0 Å². The van der Waals surface area contributed by atoms with E-state index in [4.69, 9.17) is 4.74 Å². The van der Waals surface area contributed by atoms with E-state index in [9.17, 15) is 10.5 Å². The predicted octanol–water partition coefficient (Wildman–Crippen LogP) is 4.40. The van der Waals surface area contributed by atoms with E-state index in [2.05, 4.69) is 27.2 Å². The highest BCUT2D eigenvalue weighted by atomic mass is 32.2. The van der Waals surface area contributed by atoms with Crippen LogP contribution >= 0.6 is 11.9 Å². The fraction of sp³-hybridized carbons (Fsp3) is 0.200. The van der Waals surface area contributed by atoms with Crippen molar-refractivity contribution in [3.8, 4) is 12.1 Å². The number of benzene rings is 2. The first-order valence-electron chi connectivity index (χ1n) is 8.38. The highest BCUT2D eigenvalue weighted by Crippen LogP contribution is 2.32. The Morgan fingerprint density at radius 3 is 2.63 bits per heavy atom. The molecule has 27 heavy (non-hydrogen) atoms. The molecule has 3 rings (SSSR count). The first-order valence-corrected chi connectivity index (χ1v) is 9.20. The zero-order valence-electron chi connectivity index (χ0n) is 15.1. The molecule has 0 amide bonds. The van der Waals surface area contributed by atoms with Gasteiger partial charge in [0.1, 0.15) is 12.1 Å². The lowest BCUT2D eigenvalue weighted by atomic mass is 10.1. The third-order valence-electron chi connectivity index (χ3n) is 4.18. The van der Waals surface area contributed by atoms with Crippen molar-refractivity contribution >= 4 is 34.2 Å². The molecule has 136 valence electrons. The third-order valence-corrected chi connectivity index (χ3v) is 4.99. The topological polar surface area (TPSA) is 96.7 Å². The Balaban J connectivity index is 1.78. The van der Waals surface area contributed by atoms with Crippen molar-refractivity contribution in [2.45, 2.75) is 11.8 Å². The van der Waals surface area contributed by atoms with Gasteiger partial charge in [-0.1, -0.05) is 6.07 Å². The van der Waals surface area contributed by atoms with Crippen LogP contribution in [0.3, 0.4) is 0 Å². The number of aromatic amines is 1. The van der Waals surface area contributed by atoms with Gasteiger partial charge in [0.25, 0.3) is 0 Å². The molecule has 0 bridgehead atoms. The second-order valence-corrected chi connectivity index (χ2v) is 6.82. The summed E-state index contributed by atoms with van der Waals surface area (Å²) in [6.45, 7) is 3.21. The largest absolute Gasteiger partial charge is 0.383 e. The van der Waals surface area contributed by atoms with Gasteiger partial charge < -0.3 is 19.8 Å². The molecule has 0 aliphatic rings. The maximum Gasteiger partial charge on any atom is 0.101 e. The monoisotopic (exact) mass is 377 g/mol. The van der Waals surface area contributed by atoms with Gasteiger partial charge in [-0.2, -0.15) is 10.5 Å². The summed E-state index contributed by atoms with van der Waals surface area (Å²) in [5.41, 5.74) is 4.85. The van der Waals surface area contributed by atoms with E-state index in [0.717, 1.165) is 32.7 Å². The molecule has 3 N–H and O–H groups in total. The molecule has 0 atom stereocenters. The van der Waals surface area contributed by atoms with Crippen molar-refractivity contribution in [3.63, 3.8) is 0 Å². The Bertz CT molecular complexity index is 1040. The molecular formula is C20H19N5OS. The zero-order chi connectivity index (χ0) is 19.2. The molecule has 6 nitrogen and oxygen atoms in total. The molecule has 3 aromatic rings.